The van der Waals surface area contributed by atoms with Gasteiger partial charge in [0.25, 0.3) is 0 Å². The normalized spacial score (nSPS) is 19.2. The van der Waals surface area contributed by atoms with E-state index < -0.39 is 10.0 Å². The maximum atomic E-state index is 13.1. The number of nitrogens with zero attached hydrogens (tertiary/aromatic N) is 1. The molecule has 0 amide bonds. The molecule has 1 aromatic rings. The average Bonchev–Trinajstić information content (AvgIpc) is 3.31. The van der Waals surface area contributed by atoms with E-state index >= 15 is 0 Å². The molecule has 0 saturated heterocycles. The van der Waals surface area contributed by atoms with Gasteiger partial charge in [0.15, 0.2) is 0 Å². The van der Waals surface area contributed by atoms with Gasteiger partial charge in [0.2, 0.25) is 10.0 Å². The van der Waals surface area contributed by atoms with Crippen LogP contribution in [0.5, 0.6) is 0 Å². The van der Waals surface area contributed by atoms with Crippen molar-refractivity contribution in [3.05, 3.63) is 27.7 Å². The fourth-order valence-electron chi connectivity index (χ4n) is 2.54. The van der Waals surface area contributed by atoms with E-state index in [4.69, 9.17) is 11.6 Å². The first-order chi connectivity index (χ1) is 9.93. The predicted octanol–water partition coefficient (Wildman–Crippen LogP) is 4.06. The van der Waals surface area contributed by atoms with E-state index in [0.717, 1.165) is 41.3 Å². The van der Waals surface area contributed by atoms with Gasteiger partial charge in [-0.15, -0.1) is 11.6 Å². The van der Waals surface area contributed by atoms with Crippen LogP contribution in [-0.4, -0.2) is 25.3 Å². The van der Waals surface area contributed by atoms with Crippen molar-refractivity contribution in [2.75, 3.05) is 6.54 Å². The fourth-order valence-corrected chi connectivity index (χ4v) is 5.39. The van der Waals surface area contributed by atoms with Crippen LogP contribution in [0.3, 0.4) is 0 Å². The third-order valence-corrected chi connectivity index (χ3v) is 7.36. The molecule has 3 rings (SSSR count). The van der Waals surface area contributed by atoms with Gasteiger partial charge in [-0.05, 0) is 61.8 Å². The molecule has 0 heterocycles. The van der Waals surface area contributed by atoms with Crippen molar-refractivity contribution >= 4 is 37.6 Å². The highest BCUT2D eigenvalue weighted by Gasteiger charge is 2.41. The molecular formula is C15H19BrClNO2S. The number of rotatable bonds is 6. The lowest BCUT2D eigenvalue weighted by Crippen LogP contribution is -2.35. The first-order valence-electron chi connectivity index (χ1n) is 7.30. The molecule has 2 fully saturated rings. The van der Waals surface area contributed by atoms with E-state index in [2.05, 4.69) is 15.9 Å². The molecule has 0 radical (unpaired) electrons. The Labute approximate surface area is 139 Å². The Hall–Kier alpha value is -0.100. The molecule has 3 nitrogen and oxygen atoms in total. The van der Waals surface area contributed by atoms with Crippen molar-refractivity contribution < 1.29 is 8.42 Å². The van der Waals surface area contributed by atoms with Crippen LogP contribution in [-0.2, 0) is 15.9 Å². The Bertz CT molecular complexity index is 654. The molecule has 0 bridgehead atoms. The Kier molecular flexibility index (Phi) is 4.39. The SMILES string of the molecule is Cc1c(Br)cc(CCl)cc1S(=O)(=O)N(CC1CC1)C1CC1. The van der Waals surface area contributed by atoms with E-state index in [1.54, 1.807) is 10.4 Å². The van der Waals surface area contributed by atoms with Crippen molar-refractivity contribution in [3.63, 3.8) is 0 Å². The topological polar surface area (TPSA) is 37.4 Å². The Morgan fingerprint density at radius 1 is 1.29 bits per heavy atom. The first-order valence-corrected chi connectivity index (χ1v) is 10.1. The van der Waals surface area contributed by atoms with Crippen LogP contribution in [0.1, 0.15) is 36.8 Å². The molecule has 0 aliphatic heterocycles. The number of sulfonamides is 1. The molecule has 0 aromatic heterocycles. The summed E-state index contributed by atoms with van der Waals surface area (Å²) in [7, 11) is -3.43. The van der Waals surface area contributed by atoms with Gasteiger partial charge in [-0.1, -0.05) is 15.9 Å². The lowest BCUT2D eigenvalue weighted by atomic mass is 10.2. The van der Waals surface area contributed by atoms with Crippen LogP contribution >= 0.6 is 27.5 Å². The van der Waals surface area contributed by atoms with Crippen molar-refractivity contribution in [2.24, 2.45) is 5.92 Å². The Balaban J connectivity index is 2.01. The highest BCUT2D eigenvalue weighted by Crippen LogP contribution is 2.39. The quantitative estimate of drug-likeness (QED) is 0.685. The van der Waals surface area contributed by atoms with Crippen LogP contribution in [0.15, 0.2) is 21.5 Å². The van der Waals surface area contributed by atoms with E-state index in [-0.39, 0.29) is 6.04 Å². The third kappa shape index (κ3) is 3.31. The monoisotopic (exact) mass is 391 g/mol. The second kappa shape index (κ2) is 5.84. The molecule has 0 unspecified atom stereocenters. The highest BCUT2D eigenvalue weighted by atomic mass is 79.9. The molecule has 0 spiro atoms. The molecule has 6 heteroatoms. The van der Waals surface area contributed by atoms with E-state index in [1.807, 2.05) is 13.0 Å². The number of hydrogen-bond donors (Lipinski definition) is 0. The summed E-state index contributed by atoms with van der Waals surface area (Å²) in [5, 5.41) is 0. The van der Waals surface area contributed by atoms with Gasteiger partial charge in [0, 0.05) is 22.9 Å². The van der Waals surface area contributed by atoms with Gasteiger partial charge in [-0.2, -0.15) is 4.31 Å². The van der Waals surface area contributed by atoms with Crippen LogP contribution in [0.25, 0.3) is 0 Å². The van der Waals surface area contributed by atoms with Crippen molar-refractivity contribution in [1.29, 1.82) is 0 Å². The first kappa shape index (κ1) is 15.8. The molecule has 0 atom stereocenters. The number of alkyl halides is 1. The second-order valence-electron chi connectivity index (χ2n) is 6.08. The molecular weight excluding hydrogens is 374 g/mol. The van der Waals surface area contributed by atoms with Gasteiger partial charge in [-0.25, -0.2) is 8.42 Å². The second-order valence-corrected chi connectivity index (χ2v) is 9.06. The Morgan fingerprint density at radius 3 is 2.48 bits per heavy atom. The van der Waals surface area contributed by atoms with Crippen LogP contribution in [0.4, 0.5) is 0 Å². The lowest BCUT2D eigenvalue weighted by molar-refractivity contribution is 0.388. The maximum Gasteiger partial charge on any atom is 0.243 e. The standard InChI is InChI=1S/C15H19BrClNO2S/c1-10-14(16)6-12(8-17)7-15(10)21(19,20)18(13-4-5-13)9-11-2-3-11/h6-7,11,13H,2-5,8-9H2,1H3. The lowest BCUT2D eigenvalue weighted by Gasteiger charge is -2.23. The van der Waals surface area contributed by atoms with Gasteiger partial charge >= 0.3 is 0 Å². The molecule has 2 saturated carbocycles. The molecule has 2 aliphatic rings. The molecule has 2 aliphatic carbocycles. The van der Waals surface area contributed by atoms with Crippen LogP contribution < -0.4 is 0 Å². The van der Waals surface area contributed by atoms with Crippen molar-refractivity contribution in [2.45, 2.75) is 49.4 Å². The summed E-state index contributed by atoms with van der Waals surface area (Å²) in [5.74, 6) is 0.869. The van der Waals surface area contributed by atoms with Gasteiger partial charge in [0.1, 0.15) is 0 Å². The van der Waals surface area contributed by atoms with Gasteiger partial charge in [-0.3, -0.25) is 0 Å². The van der Waals surface area contributed by atoms with E-state index in [1.165, 1.54) is 0 Å². The van der Waals surface area contributed by atoms with Crippen molar-refractivity contribution in [1.82, 2.24) is 4.31 Å². The van der Waals surface area contributed by atoms with E-state index in [0.29, 0.717) is 23.2 Å². The number of halogens is 2. The van der Waals surface area contributed by atoms with Crippen molar-refractivity contribution in [3.8, 4) is 0 Å². The number of hydrogen-bond acceptors (Lipinski definition) is 2. The van der Waals surface area contributed by atoms with Gasteiger partial charge in [0.05, 0.1) is 4.90 Å². The minimum atomic E-state index is -3.43. The van der Waals surface area contributed by atoms with E-state index in [9.17, 15) is 8.42 Å². The molecule has 0 N–H and O–H groups in total. The maximum absolute atomic E-state index is 13.1. The predicted molar refractivity (Wildman–Crippen MR) is 88.1 cm³/mol. The smallest absolute Gasteiger partial charge is 0.207 e. The molecule has 116 valence electrons. The summed E-state index contributed by atoms with van der Waals surface area (Å²) >= 11 is 9.35. The minimum absolute atomic E-state index is 0.202. The summed E-state index contributed by atoms with van der Waals surface area (Å²) in [4.78, 5) is 0.403. The summed E-state index contributed by atoms with van der Waals surface area (Å²) in [6, 6.07) is 3.82. The molecule has 1 aromatic carbocycles. The minimum Gasteiger partial charge on any atom is -0.207 e. The zero-order valence-electron chi connectivity index (χ0n) is 12.0. The molecule has 21 heavy (non-hydrogen) atoms. The average molecular weight is 393 g/mol. The largest absolute Gasteiger partial charge is 0.243 e. The highest BCUT2D eigenvalue weighted by molar-refractivity contribution is 9.10. The van der Waals surface area contributed by atoms with Gasteiger partial charge < -0.3 is 0 Å². The summed E-state index contributed by atoms with van der Waals surface area (Å²) < 4.78 is 28.7. The Morgan fingerprint density at radius 2 is 1.95 bits per heavy atom. The summed E-state index contributed by atoms with van der Waals surface area (Å²) in [6.45, 7) is 2.52. The zero-order chi connectivity index (χ0) is 15.2. The van der Waals surface area contributed by atoms with Crippen LogP contribution in [0.2, 0.25) is 0 Å². The number of benzene rings is 1. The third-order valence-electron chi connectivity index (χ3n) is 4.19. The fraction of sp³-hybridized carbons (Fsp3) is 0.600. The van der Waals surface area contributed by atoms with Crippen LogP contribution in [0, 0.1) is 12.8 Å². The summed E-state index contributed by atoms with van der Waals surface area (Å²) in [5.41, 5.74) is 1.60. The zero-order valence-corrected chi connectivity index (χ0v) is 15.1. The summed E-state index contributed by atoms with van der Waals surface area (Å²) in [6.07, 6.45) is 4.29.